The maximum atomic E-state index is 10.4. The third-order valence-corrected chi connectivity index (χ3v) is 0.672. The van der Waals surface area contributed by atoms with Crippen LogP contribution in [0.15, 0.2) is 11.8 Å². The van der Waals surface area contributed by atoms with Gasteiger partial charge in [-0.3, -0.25) is 0 Å². The van der Waals surface area contributed by atoms with Gasteiger partial charge in [0.1, 0.15) is 0 Å². The summed E-state index contributed by atoms with van der Waals surface area (Å²) in [7, 11) is 0. The summed E-state index contributed by atoms with van der Waals surface area (Å²) < 4.78 is 4.29. The quantitative estimate of drug-likeness (QED) is 0.144. The van der Waals surface area contributed by atoms with Crippen molar-refractivity contribution < 1.29 is 66.0 Å². The van der Waals surface area contributed by atoms with E-state index in [0.29, 0.717) is 6.08 Å². The van der Waals surface area contributed by atoms with Gasteiger partial charge in [0, 0.05) is 6.08 Å². The molecule has 0 atom stereocenters. The SMILES string of the molecule is CCOC(=O)/C([O-])=C\C#N.[K+]. The number of hydrogen-bond acceptors (Lipinski definition) is 4. The minimum absolute atomic E-state index is 0. The van der Waals surface area contributed by atoms with E-state index >= 15 is 0 Å². The van der Waals surface area contributed by atoms with Crippen molar-refractivity contribution in [2.75, 3.05) is 6.61 Å². The van der Waals surface area contributed by atoms with Crippen molar-refractivity contribution in [3.8, 4) is 6.07 Å². The average Bonchev–Trinajstić information content (AvgIpc) is 1.89. The van der Waals surface area contributed by atoms with Crippen molar-refractivity contribution >= 4 is 5.97 Å². The van der Waals surface area contributed by atoms with Crippen LogP contribution in [0.25, 0.3) is 0 Å². The molecule has 0 amide bonds. The van der Waals surface area contributed by atoms with E-state index in [1.54, 1.807) is 6.92 Å². The molecule has 5 heteroatoms. The standard InChI is InChI=1S/C6H7NO3.K/c1-2-10-6(9)5(8)3-4-7;/h3,8H,2H2,1H3;/q;+1/p-1/b5-3+;. The second-order valence-electron chi connectivity index (χ2n) is 1.36. The Bertz CT molecular complexity index is 194. The van der Waals surface area contributed by atoms with Crippen molar-refractivity contribution in [1.82, 2.24) is 0 Å². The van der Waals surface area contributed by atoms with Crippen LogP contribution in [0.1, 0.15) is 6.92 Å². The number of hydrogen-bond donors (Lipinski definition) is 0. The average molecular weight is 179 g/mol. The molecule has 0 aliphatic rings. The van der Waals surface area contributed by atoms with Crippen LogP contribution in [0, 0.1) is 11.3 Å². The van der Waals surface area contributed by atoms with Crippen molar-refractivity contribution in [2.24, 2.45) is 0 Å². The topological polar surface area (TPSA) is 73.2 Å². The molecule has 0 heterocycles. The second kappa shape index (κ2) is 8.24. The summed E-state index contributed by atoms with van der Waals surface area (Å²) in [5, 5.41) is 18.3. The molecule has 0 radical (unpaired) electrons. The molecule has 0 saturated heterocycles. The number of esters is 1. The number of carbonyl (C=O) groups excluding carboxylic acids is 1. The minimum Gasteiger partial charge on any atom is -0.867 e. The largest absolute Gasteiger partial charge is 1.00 e. The van der Waals surface area contributed by atoms with Gasteiger partial charge in [0.2, 0.25) is 0 Å². The van der Waals surface area contributed by atoms with E-state index in [2.05, 4.69) is 4.74 Å². The van der Waals surface area contributed by atoms with Crippen LogP contribution in [0.5, 0.6) is 0 Å². The zero-order chi connectivity index (χ0) is 7.98. The van der Waals surface area contributed by atoms with E-state index in [1.807, 2.05) is 0 Å². The molecule has 4 nitrogen and oxygen atoms in total. The molecule has 11 heavy (non-hydrogen) atoms. The van der Waals surface area contributed by atoms with Gasteiger partial charge in [0.25, 0.3) is 0 Å². The summed E-state index contributed by atoms with van der Waals surface area (Å²) in [4.78, 5) is 10.4. The third-order valence-electron chi connectivity index (χ3n) is 0.672. The van der Waals surface area contributed by atoms with Gasteiger partial charge in [-0.25, -0.2) is 4.79 Å². The fourth-order valence-electron chi connectivity index (χ4n) is 0.320. The van der Waals surface area contributed by atoms with Gasteiger partial charge in [0.15, 0.2) is 0 Å². The minimum atomic E-state index is -0.982. The Hall–Kier alpha value is 0.136. The van der Waals surface area contributed by atoms with E-state index in [1.165, 1.54) is 6.07 Å². The van der Waals surface area contributed by atoms with Gasteiger partial charge in [-0.1, -0.05) is 0 Å². The molecule has 0 rings (SSSR count). The van der Waals surface area contributed by atoms with Crippen LogP contribution in [0.2, 0.25) is 0 Å². The fourth-order valence-corrected chi connectivity index (χ4v) is 0.320. The molecule has 0 aromatic carbocycles. The van der Waals surface area contributed by atoms with E-state index in [9.17, 15) is 9.90 Å². The summed E-state index contributed by atoms with van der Waals surface area (Å²) in [5.74, 6) is -1.90. The van der Waals surface area contributed by atoms with Crippen LogP contribution in [-0.4, -0.2) is 12.6 Å². The smallest absolute Gasteiger partial charge is 0.867 e. The monoisotopic (exact) mass is 179 g/mol. The van der Waals surface area contributed by atoms with Gasteiger partial charge in [-0.2, -0.15) is 5.26 Å². The maximum Gasteiger partial charge on any atom is 1.00 e. The summed E-state index contributed by atoms with van der Waals surface area (Å²) in [6, 6.07) is 1.43. The summed E-state index contributed by atoms with van der Waals surface area (Å²) >= 11 is 0. The second-order valence-corrected chi connectivity index (χ2v) is 1.36. The predicted octanol–water partition coefficient (Wildman–Crippen LogP) is -3.68. The molecule has 0 aliphatic heterocycles. The summed E-state index contributed by atoms with van der Waals surface area (Å²) in [6.07, 6.45) is 0.609. The fraction of sp³-hybridized carbons (Fsp3) is 0.333. The Balaban J connectivity index is 0. The Labute approximate surface area is 107 Å². The Morgan fingerprint density at radius 1 is 1.82 bits per heavy atom. The van der Waals surface area contributed by atoms with Crippen molar-refractivity contribution in [3.05, 3.63) is 11.8 Å². The first-order valence-electron chi connectivity index (χ1n) is 2.66. The van der Waals surface area contributed by atoms with Crippen LogP contribution in [0.4, 0.5) is 0 Å². The van der Waals surface area contributed by atoms with Gasteiger partial charge < -0.3 is 9.84 Å². The molecule has 0 saturated carbocycles. The first kappa shape index (κ1) is 13.7. The van der Waals surface area contributed by atoms with Crippen molar-refractivity contribution in [1.29, 1.82) is 5.26 Å². The van der Waals surface area contributed by atoms with Crippen LogP contribution >= 0.6 is 0 Å². The van der Waals surface area contributed by atoms with E-state index in [-0.39, 0.29) is 58.0 Å². The molecule has 0 N–H and O–H groups in total. The first-order valence-corrected chi connectivity index (χ1v) is 2.66. The van der Waals surface area contributed by atoms with Crippen LogP contribution < -0.4 is 56.5 Å². The molecular formula is C6H6KNO3. The third kappa shape index (κ3) is 6.53. The number of carbonyl (C=O) groups is 1. The number of rotatable bonds is 2. The van der Waals surface area contributed by atoms with Gasteiger partial charge in [-0.05, 0) is 12.7 Å². The Morgan fingerprint density at radius 2 is 2.36 bits per heavy atom. The molecule has 0 aromatic rings. The maximum absolute atomic E-state index is 10.4. The number of ether oxygens (including phenoxy) is 1. The molecular weight excluding hydrogens is 173 g/mol. The Morgan fingerprint density at radius 3 is 2.73 bits per heavy atom. The Kier molecular flexibility index (Phi) is 10.3. The van der Waals surface area contributed by atoms with E-state index in [4.69, 9.17) is 5.26 Å². The molecule has 54 valence electrons. The van der Waals surface area contributed by atoms with E-state index < -0.39 is 11.7 Å². The predicted molar refractivity (Wildman–Crippen MR) is 30.3 cm³/mol. The van der Waals surface area contributed by atoms with Gasteiger partial charge in [0.05, 0.1) is 12.7 Å². The van der Waals surface area contributed by atoms with Gasteiger partial charge in [-0.15, -0.1) is 0 Å². The van der Waals surface area contributed by atoms with Crippen molar-refractivity contribution in [3.63, 3.8) is 0 Å². The van der Waals surface area contributed by atoms with Crippen LogP contribution in [-0.2, 0) is 9.53 Å². The molecule has 0 fully saturated rings. The number of allylic oxidation sites excluding steroid dienone is 1. The molecule has 0 bridgehead atoms. The number of nitriles is 1. The summed E-state index contributed by atoms with van der Waals surface area (Å²) in [6.45, 7) is 1.72. The first-order chi connectivity index (χ1) is 4.72. The molecule has 0 spiro atoms. The molecule has 0 aromatic heterocycles. The summed E-state index contributed by atoms with van der Waals surface area (Å²) in [5.41, 5.74) is 0. The van der Waals surface area contributed by atoms with Crippen molar-refractivity contribution in [2.45, 2.75) is 6.92 Å². The molecule has 0 aliphatic carbocycles. The number of nitrogens with zero attached hydrogens (tertiary/aromatic N) is 1. The molecule has 0 unspecified atom stereocenters. The normalized spacial score (nSPS) is 9.27. The van der Waals surface area contributed by atoms with E-state index in [0.717, 1.165) is 0 Å². The zero-order valence-corrected chi connectivity index (χ0v) is 9.58. The zero-order valence-electron chi connectivity index (χ0n) is 6.46. The van der Waals surface area contributed by atoms with Gasteiger partial charge >= 0.3 is 57.4 Å². The van der Waals surface area contributed by atoms with Crippen LogP contribution in [0.3, 0.4) is 0 Å².